The number of benzene rings is 1. The molecule has 0 saturated heterocycles. The van der Waals surface area contributed by atoms with Gasteiger partial charge in [-0.05, 0) is 38.5 Å². The van der Waals surface area contributed by atoms with Crippen LogP contribution < -0.4 is 10.6 Å². The van der Waals surface area contributed by atoms with Gasteiger partial charge in [-0.15, -0.1) is 0 Å². The summed E-state index contributed by atoms with van der Waals surface area (Å²) in [6.45, 7) is 7.72. The van der Waals surface area contributed by atoms with Crippen LogP contribution in [0.5, 0.6) is 0 Å². The van der Waals surface area contributed by atoms with Crippen LogP contribution >= 0.6 is 0 Å². The maximum absolute atomic E-state index is 8.85. The second-order valence-electron chi connectivity index (χ2n) is 4.11. The van der Waals surface area contributed by atoms with Crippen molar-refractivity contribution in [1.29, 1.82) is 5.26 Å². The van der Waals surface area contributed by atoms with Gasteiger partial charge in [0.2, 0.25) is 0 Å². The van der Waals surface area contributed by atoms with E-state index in [1.807, 2.05) is 25.1 Å². The summed E-state index contributed by atoms with van der Waals surface area (Å²) in [5, 5.41) is 8.85. The summed E-state index contributed by atoms with van der Waals surface area (Å²) < 4.78 is 0. The van der Waals surface area contributed by atoms with Crippen LogP contribution in [0.4, 0.5) is 11.4 Å². The number of nitrogen functional groups attached to an aromatic ring is 1. The SMILES string of the molecule is CCN(CC(C)C#N)c1cc(N)ccc1C. The maximum Gasteiger partial charge on any atom is 0.0671 e. The van der Waals surface area contributed by atoms with E-state index in [0.29, 0.717) is 0 Å². The Balaban J connectivity index is 2.95. The van der Waals surface area contributed by atoms with Gasteiger partial charge in [0.1, 0.15) is 0 Å². The standard InChI is InChI=1S/C13H19N3/c1-4-16(9-10(2)8-14)13-7-12(15)6-5-11(13)3/h5-7,10H,4,9,15H2,1-3H3. The monoisotopic (exact) mass is 217 g/mol. The number of rotatable bonds is 4. The van der Waals surface area contributed by atoms with Crippen molar-refractivity contribution in [3.8, 4) is 6.07 Å². The van der Waals surface area contributed by atoms with Crippen molar-refractivity contribution in [1.82, 2.24) is 0 Å². The van der Waals surface area contributed by atoms with Crippen molar-refractivity contribution >= 4 is 11.4 Å². The fourth-order valence-electron chi connectivity index (χ4n) is 1.74. The fourth-order valence-corrected chi connectivity index (χ4v) is 1.74. The van der Waals surface area contributed by atoms with Crippen LogP contribution in [0.3, 0.4) is 0 Å². The maximum atomic E-state index is 8.85. The average Bonchev–Trinajstić information content (AvgIpc) is 2.29. The number of nitrogens with zero attached hydrogens (tertiary/aromatic N) is 2. The lowest BCUT2D eigenvalue weighted by Crippen LogP contribution is -2.28. The van der Waals surface area contributed by atoms with E-state index in [9.17, 15) is 0 Å². The topological polar surface area (TPSA) is 53.0 Å². The van der Waals surface area contributed by atoms with Crippen molar-refractivity contribution in [3.05, 3.63) is 23.8 Å². The first-order valence-electron chi connectivity index (χ1n) is 5.59. The van der Waals surface area contributed by atoms with Gasteiger partial charge in [0.05, 0.1) is 12.0 Å². The fraction of sp³-hybridized carbons (Fsp3) is 0.462. The van der Waals surface area contributed by atoms with Gasteiger partial charge in [0.15, 0.2) is 0 Å². The number of hydrogen-bond donors (Lipinski definition) is 1. The summed E-state index contributed by atoms with van der Waals surface area (Å²) in [4.78, 5) is 2.19. The van der Waals surface area contributed by atoms with E-state index in [0.717, 1.165) is 24.5 Å². The van der Waals surface area contributed by atoms with Crippen molar-refractivity contribution < 1.29 is 0 Å². The van der Waals surface area contributed by atoms with Gasteiger partial charge >= 0.3 is 0 Å². The molecule has 0 aromatic heterocycles. The number of anilines is 2. The first kappa shape index (κ1) is 12.4. The Morgan fingerprint density at radius 2 is 2.19 bits per heavy atom. The molecule has 1 aromatic carbocycles. The molecule has 2 N–H and O–H groups in total. The lowest BCUT2D eigenvalue weighted by molar-refractivity contribution is 0.685. The van der Waals surface area contributed by atoms with Crippen LogP contribution in [-0.2, 0) is 0 Å². The van der Waals surface area contributed by atoms with Gasteiger partial charge in [-0.25, -0.2) is 0 Å². The Morgan fingerprint density at radius 3 is 2.75 bits per heavy atom. The van der Waals surface area contributed by atoms with Crippen LogP contribution in [0.25, 0.3) is 0 Å². The van der Waals surface area contributed by atoms with Gasteiger partial charge < -0.3 is 10.6 Å². The highest BCUT2D eigenvalue weighted by atomic mass is 15.1. The van der Waals surface area contributed by atoms with E-state index in [2.05, 4.69) is 24.8 Å². The second-order valence-corrected chi connectivity index (χ2v) is 4.11. The average molecular weight is 217 g/mol. The minimum Gasteiger partial charge on any atom is -0.399 e. The lowest BCUT2D eigenvalue weighted by Gasteiger charge is -2.26. The normalized spacial score (nSPS) is 11.9. The molecule has 3 nitrogen and oxygen atoms in total. The molecule has 86 valence electrons. The summed E-state index contributed by atoms with van der Waals surface area (Å²) in [7, 11) is 0. The molecule has 1 rings (SSSR count). The Morgan fingerprint density at radius 1 is 1.50 bits per heavy atom. The lowest BCUT2D eigenvalue weighted by atomic mass is 10.1. The molecule has 16 heavy (non-hydrogen) atoms. The molecule has 0 saturated carbocycles. The molecule has 0 heterocycles. The number of nitrogens with two attached hydrogens (primary N) is 1. The Bertz CT molecular complexity index is 393. The van der Waals surface area contributed by atoms with Gasteiger partial charge in [0.25, 0.3) is 0 Å². The summed E-state index contributed by atoms with van der Waals surface area (Å²) in [6, 6.07) is 8.16. The zero-order valence-electron chi connectivity index (χ0n) is 10.2. The zero-order valence-corrected chi connectivity index (χ0v) is 10.2. The number of nitriles is 1. The highest BCUT2D eigenvalue weighted by Crippen LogP contribution is 2.23. The highest BCUT2D eigenvalue weighted by molar-refractivity contribution is 5.60. The molecule has 0 amide bonds. The molecule has 0 aliphatic rings. The summed E-state index contributed by atoms with van der Waals surface area (Å²) in [6.07, 6.45) is 0. The van der Waals surface area contributed by atoms with Gasteiger partial charge in [0, 0.05) is 24.5 Å². The predicted molar refractivity (Wildman–Crippen MR) is 68.3 cm³/mol. The minimum atomic E-state index is 0.0285. The van der Waals surface area contributed by atoms with Gasteiger partial charge in [-0.1, -0.05) is 6.07 Å². The smallest absolute Gasteiger partial charge is 0.0671 e. The van der Waals surface area contributed by atoms with Gasteiger partial charge in [-0.3, -0.25) is 0 Å². The van der Waals surface area contributed by atoms with E-state index in [1.54, 1.807) is 0 Å². The van der Waals surface area contributed by atoms with Gasteiger partial charge in [-0.2, -0.15) is 5.26 Å². The van der Waals surface area contributed by atoms with E-state index in [1.165, 1.54) is 5.56 Å². The highest BCUT2D eigenvalue weighted by Gasteiger charge is 2.11. The Hall–Kier alpha value is -1.69. The van der Waals surface area contributed by atoms with Crippen LogP contribution in [-0.4, -0.2) is 13.1 Å². The van der Waals surface area contributed by atoms with Crippen molar-refractivity contribution in [2.45, 2.75) is 20.8 Å². The minimum absolute atomic E-state index is 0.0285. The molecule has 1 unspecified atom stereocenters. The van der Waals surface area contributed by atoms with E-state index in [4.69, 9.17) is 11.0 Å². The molecule has 0 bridgehead atoms. The quantitative estimate of drug-likeness (QED) is 0.789. The molecule has 0 radical (unpaired) electrons. The van der Waals surface area contributed by atoms with E-state index in [-0.39, 0.29) is 5.92 Å². The third-order valence-corrected chi connectivity index (χ3v) is 2.67. The third-order valence-electron chi connectivity index (χ3n) is 2.67. The molecule has 1 aromatic rings. The third kappa shape index (κ3) is 2.90. The van der Waals surface area contributed by atoms with Crippen molar-refractivity contribution in [2.75, 3.05) is 23.7 Å². The van der Waals surface area contributed by atoms with Crippen molar-refractivity contribution in [2.24, 2.45) is 5.92 Å². The number of aryl methyl sites for hydroxylation is 1. The molecule has 3 heteroatoms. The van der Waals surface area contributed by atoms with Crippen LogP contribution in [0, 0.1) is 24.2 Å². The number of hydrogen-bond acceptors (Lipinski definition) is 3. The molecule has 0 spiro atoms. The molecule has 0 aliphatic carbocycles. The molecular formula is C13H19N3. The first-order valence-corrected chi connectivity index (χ1v) is 5.59. The summed E-state index contributed by atoms with van der Waals surface area (Å²) in [5.74, 6) is 0.0285. The van der Waals surface area contributed by atoms with E-state index < -0.39 is 0 Å². The predicted octanol–water partition coefficient (Wildman–Crippen LogP) is 2.56. The summed E-state index contributed by atoms with van der Waals surface area (Å²) >= 11 is 0. The molecule has 0 fully saturated rings. The molecular weight excluding hydrogens is 198 g/mol. The van der Waals surface area contributed by atoms with Crippen molar-refractivity contribution in [3.63, 3.8) is 0 Å². The summed E-state index contributed by atoms with van der Waals surface area (Å²) in [5.41, 5.74) is 8.88. The second kappa shape index (κ2) is 5.41. The van der Waals surface area contributed by atoms with Crippen LogP contribution in [0.2, 0.25) is 0 Å². The van der Waals surface area contributed by atoms with Crippen LogP contribution in [0.1, 0.15) is 19.4 Å². The molecule has 1 atom stereocenters. The largest absolute Gasteiger partial charge is 0.399 e. The first-order chi connectivity index (χ1) is 7.58. The van der Waals surface area contributed by atoms with E-state index >= 15 is 0 Å². The molecule has 0 aliphatic heterocycles. The Kier molecular flexibility index (Phi) is 4.19. The van der Waals surface area contributed by atoms with Crippen LogP contribution in [0.15, 0.2) is 18.2 Å². The zero-order chi connectivity index (χ0) is 12.1. The Labute approximate surface area is 97.5 Å².